The van der Waals surface area contributed by atoms with Gasteiger partial charge in [0.15, 0.2) is 0 Å². The smallest absolute Gasteiger partial charge is 0.225 e. The van der Waals surface area contributed by atoms with E-state index in [1.807, 2.05) is 0 Å². The molecular weight excluding hydrogens is 240 g/mol. The average Bonchev–Trinajstić information content (AvgIpc) is 2.96. The third kappa shape index (κ3) is 5.96. The number of carbonyl (C=O) groups is 1. The Hall–Kier alpha value is -0.330. The second-order valence-electron chi connectivity index (χ2n) is 3.56. The topological polar surface area (TPSA) is 75.3 Å². The van der Waals surface area contributed by atoms with E-state index >= 15 is 0 Å². The van der Waals surface area contributed by atoms with Gasteiger partial charge in [-0.1, -0.05) is 0 Å². The zero-order chi connectivity index (χ0) is 11.3. The number of rotatable bonds is 7. The van der Waals surface area contributed by atoms with Crippen molar-refractivity contribution in [2.75, 3.05) is 11.8 Å². The highest BCUT2D eigenvalue weighted by molar-refractivity contribution is 7.90. The predicted molar refractivity (Wildman–Crippen MR) is 58.0 cm³/mol. The number of hydrogen-bond donors (Lipinski definition) is 2. The summed E-state index contributed by atoms with van der Waals surface area (Å²) in [4.78, 5) is 11.2. The molecule has 2 N–H and O–H groups in total. The molecule has 0 spiro atoms. The Kier molecular flexibility index (Phi) is 4.82. The second kappa shape index (κ2) is 5.67. The van der Waals surface area contributed by atoms with Gasteiger partial charge in [-0.15, -0.1) is 11.6 Å². The van der Waals surface area contributed by atoms with Crippen molar-refractivity contribution in [3.63, 3.8) is 0 Å². The average molecular weight is 255 g/mol. The summed E-state index contributed by atoms with van der Waals surface area (Å²) in [5.74, 6) is -0.0115. The second-order valence-corrected chi connectivity index (χ2v) is 5.95. The van der Waals surface area contributed by atoms with Crippen LogP contribution in [-0.2, 0) is 14.8 Å². The maximum absolute atomic E-state index is 11.2. The van der Waals surface area contributed by atoms with Crippen molar-refractivity contribution in [1.82, 2.24) is 10.0 Å². The fourth-order valence-electron chi connectivity index (χ4n) is 1.04. The van der Waals surface area contributed by atoms with Crippen molar-refractivity contribution in [2.24, 2.45) is 0 Å². The third-order valence-corrected chi connectivity index (χ3v) is 3.78. The van der Waals surface area contributed by atoms with Gasteiger partial charge in [0.25, 0.3) is 0 Å². The van der Waals surface area contributed by atoms with Crippen LogP contribution < -0.4 is 10.0 Å². The Labute approximate surface area is 94.6 Å². The van der Waals surface area contributed by atoms with Gasteiger partial charge >= 0.3 is 0 Å². The van der Waals surface area contributed by atoms with E-state index < -0.39 is 15.2 Å². The highest BCUT2D eigenvalue weighted by Gasteiger charge is 2.22. The van der Waals surface area contributed by atoms with Crippen LogP contribution in [0, 0.1) is 0 Å². The van der Waals surface area contributed by atoms with Crippen molar-refractivity contribution in [2.45, 2.75) is 31.7 Å². The fraction of sp³-hybridized carbons (Fsp3) is 0.875. The van der Waals surface area contributed by atoms with Crippen LogP contribution in [0.3, 0.4) is 0 Å². The molecule has 0 aromatic heterocycles. The van der Waals surface area contributed by atoms with Crippen LogP contribution in [0.25, 0.3) is 0 Å². The number of nitrogens with one attached hydrogen (secondary N) is 2. The first kappa shape index (κ1) is 12.7. The molecule has 0 heterocycles. The van der Waals surface area contributed by atoms with E-state index in [-0.39, 0.29) is 12.5 Å². The predicted octanol–water partition coefficient (Wildman–Crippen LogP) is 0.161. The van der Waals surface area contributed by atoms with Crippen LogP contribution in [-0.4, -0.2) is 32.1 Å². The minimum Gasteiger partial charge on any atom is -0.353 e. The van der Waals surface area contributed by atoms with Crippen LogP contribution in [0.5, 0.6) is 0 Å². The molecule has 7 heteroatoms. The Bertz CT molecular complexity index is 314. The molecule has 1 amide bonds. The summed E-state index contributed by atoms with van der Waals surface area (Å²) in [5.41, 5.74) is 0. The molecule has 1 rings (SSSR count). The maximum atomic E-state index is 11.2. The quantitative estimate of drug-likeness (QED) is 0.502. The summed E-state index contributed by atoms with van der Waals surface area (Å²) in [7, 11) is -3.34. The van der Waals surface area contributed by atoms with Crippen molar-refractivity contribution in [3.8, 4) is 0 Å². The Morgan fingerprint density at radius 3 is 2.60 bits per heavy atom. The van der Waals surface area contributed by atoms with Crippen LogP contribution >= 0.6 is 11.6 Å². The molecule has 15 heavy (non-hydrogen) atoms. The molecule has 88 valence electrons. The molecule has 5 nitrogen and oxygen atoms in total. The number of hydrogen-bond acceptors (Lipinski definition) is 3. The lowest BCUT2D eigenvalue weighted by Crippen LogP contribution is -2.28. The first-order valence-electron chi connectivity index (χ1n) is 4.86. The lowest BCUT2D eigenvalue weighted by Gasteiger charge is -2.04. The van der Waals surface area contributed by atoms with Crippen LogP contribution in [0.2, 0.25) is 0 Å². The molecular formula is C8H15ClN2O3S. The van der Waals surface area contributed by atoms with Gasteiger partial charge in [0, 0.05) is 19.0 Å². The molecule has 0 unspecified atom stereocenters. The molecule has 0 saturated heterocycles. The summed E-state index contributed by atoms with van der Waals surface area (Å²) in [5, 5.41) is 2.38. The van der Waals surface area contributed by atoms with E-state index in [0.29, 0.717) is 18.9 Å². The van der Waals surface area contributed by atoms with Crippen molar-refractivity contribution >= 4 is 27.5 Å². The molecule has 1 fully saturated rings. The minimum atomic E-state index is -3.34. The van der Waals surface area contributed by atoms with E-state index in [1.54, 1.807) is 0 Å². The summed E-state index contributed by atoms with van der Waals surface area (Å²) in [6.07, 6.45) is 2.96. The molecule has 1 aliphatic rings. The first-order valence-corrected chi connectivity index (χ1v) is 7.05. The number of sulfonamides is 1. The van der Waals surface area contributed by atoms with Crippen LogP contribution in [0.15, 0.2) is 0 Å². The maximum Gasteiger partial charge on any atom is 0.225 e. The van der Waals surface area contributed by atoms with Crippen molar-refractivity contribution in [1.29, 1.82) is 0 Å². The van der Waals surface area contributed by atoms with Gasteiger partial charge < -0.3 is 5.32 Å². The third-order valence-electron chi connectivity index (χ3n) is 1.99. The molecule has 0 bridgehead atoms. The monoisotopic (exact) mass is 254 g/mol. The molecule has 0 aliphatic heterocycles. The van der Waals surface area contributed by atoms with E-state index in [2.05, 4.69) is 10.0 Å². The summed E-state index contributed by atoms with van der Waals surface area (Å²) < 4.78 is 24.1. The van der Waals surface area contributed by atoms with Gasteiger partial charge in [-0.3, -0.25) is 4.79 Å². The van der Waals surface area contributed by atoms with Gasteiger partial charge in [-0.2, -0.15) is 0 Å². The zero-order valence-electron chi connectivity index (χ0n) is 8.33. The minimum absolute atomic E-state index is 0.0115. The molecule has 0 radical (unpaired) electrons. The summed E-state index contributed by atoms with van der Waals surface area (Å²) >= 11 is 5.18. The van der Waals surface area contributed by atoms with Crippen LogP contribution in [0.1, 0.15) is 25.7 Å². The van der Waals surface area contributed by atoms with Crippen molar-refractivity contribution in [3.05, 3.63) is 0 Å². The summed E-state index contributed by atoms with van der Waals surface area (Å²) in [6.45, 7) is 0.257. The fourth-order valence-corrected chi connectivity index (χ4v) is 1.81. The SMILES string of the molecule is O=C(CCCNS(=O)(=O)CCl)NC1CC1. The Balaban J connectivity index is 2.03. The van der Waals surface area contributed by atoms with Gasteiger partial charge in [0.05, 0.1) is 0 Å². The van der Waals surface area contributed by atoms with E-state index in [9.17, 15) is 13.2 Å². The molecule has 1 aliphatic carbocycles. The van der Waals surface area contributed by atoms with Gasteiger partial charge in [0.1, 0.15) is 5.21 Å². The molecule has 1 saturated carbocycles. The largest absolute Gasteiger partial charge is 0.353 e. The van der Waals surface area contributed by atoms with Crippen LogP contribution in [0.4, 0.5) is 0 Å². The lowest BCUT2D eigenvalue weighted by molar-refractivity contribution is -0.121. The van der Waals surface area contributed by atoms with Gasteiger partial charge in [0.2, 0.25) is 15.9 Å². The molecule has 0 atom stereocenters. The number of amides is 1. The number of alkyl halides is 1. The Morgan fingerprint density at radius 1 is 1.40 bits per heavy atom. The highest BCUT2D eigenvalue weighted by Crippen LogP contribution is 2.18. The number of carbonyl (C=O) groups excluding carboxylic acids is 1. The normalized spacial score (nSPS) is 16.3. The van der Waals surface area contributed by atoms with E-state index in [4.69, 9.17) is 11.6 Å². The van der Waals surface area contributed by atoms with Gasteiger partial charge in [-0.25, -0.2) is 13.1 Å². The highest BCUT2D eigenvalue weighted by atomic mass is 35.5. The zero-order valence-corrected chi connectivity index (χ0v) is 9.90. The van der Waals surface area contributed by atoms with E-state index in [0.717, 1.165) is 12.8 Å². The first-order chi connectivity index (χ1) is 7.03. The standard InChI is InChI=1S/C8H15ClN2O3S/c9-6-15(13,14)10-5-1-2-8(12)11-7-3-4-7/h7,10H,1-6H2,(H,11,12). The molecule has 0 aromatic carbocycles. The Morgan fingerprint density at radius 2 is 2.07 bits per heavy atom. The van der Waals surface area contributed by atoms with Crippen molar-refractivity contribution < 1.29 is 13.2 Å². The molecule has 0 aromatic rings. The summed E-state index contributed by atoms with van der Waals surface area (Å²) in [6, 6.07) is 0.358. The number of halogens is 1. The van der Waals surface area contributed by atoms with E-state index in [1.165, 1.54) is 0 Å². The van der Waals surface area contributed by atoms with Gasteiger partial charge in [-0.05, 0) is 19.3 Å². The lowest BCUT2D eigenvalue weighted by atomic mass is 10.3.